The van der Waals surface area contributed by atoms with Crippen LogP contribution in [-0.4, -0.2) is 0 Å². The quantitative estimate of drug-likeness (QED) is 0.709. The molecule has 0 saturated heterocycles. The van der Waals surface area contributed by atoms with Crippen LogP contribution in [0.25, 0.3) is 6.08 Å². The summed E-state index contributed by atoms with van der Waals surface area (Å²) in [6.07, 6.45) is 1.83. The molecule has 1 rings (SSSR count). The number of benzene rings is 1. The monoisotopic (exact) mass is 268 g/mol. The van der Waals surface area contributed by atoms with E-state index < -0.39 is 10.9 Å². The van der Waals surface area contributed by atoms with E-state index in [0.29, 0.717) is 0 Å². The normalized spacial score (nSPS) is 9.42. The molecule has 0 amide bonds. The Morgan fingerprint density at radius 3 is 1.75 bits per heavy atom. The van der Waals surface area contributed by atoms with Crippen molar-refractivity contribution in [3.63, 3.8) is 0 Å². The van der Waals surface area contributed by atoms with Gasteiger partial charge in [-0.3, -0.25) is 0 Å². The van der Waals surface area contributed by atoms with Crippen LogP contribution in [0.3, 0.4) is 0 Å². The van der Waals surface area contributed by atoms with Gasteiger partial charge in [-0.1, -0.05) is 43.0 Å². The summed E-state index contributed by atoms with van der Waals surface area (Å²) in [4.78, 5) is 0. The van der Waals surface area contributed by atoms with E-state index in [-0.39, 0.29) is 0 Å². The Morgan fingerprint density at radius 2 is 1.50 bits per heavy atom. The Kier molecular flexibility index (Phi) is 8.18. The van der Waals surface area contributed by atoms with Crippen LogP contribution < -0.4 is 0 Å². The van der Waals surface area contributed by atoms with Gasteiger partial charge in [0.2, 0.25) is 0 Å². The minimum atomic E-state index is -1.19. The molecule has 1 aromatic carbocycles. The van der Waals surface area contributed by atoms with Crippen LogP contribution in [0.5, 0.6) is 0 Å². The molecular formula is C8H8Cl3Co. The van der Waals surface area contributed by atoms with Crippen LogP contribution in [0.2, 0.25) is 0 Å². The summed E-state index contributed by atoms with van der Waals surface area (Å²) < 4.78 is 0. The molecule has 0 aliphatic carbocycles. The first-order chi connectivity index (χ1) is 5.66. The molecule has 0 saturated carbocycles. The van der Waals surface area contributed by atoms with E-state index in [1.54, 1.807) is 0 Å². The first kappa shape index (κ1) is 12.3. The Hall–Kier alpha value is 0.336. The second kappa shape index (κ2) is 7.96. The van der Waals surface area contributed by atoms with Gasteiger partial charge >= 0.3 is 41.4 Å². The van der Waals surface area contributed by atoms with E-state index in [2.05, 4.69) is 6.58 Å². The van der Waals surface area contributed by atoms with E-state index in [4.69, 9.17) is 30.4 Å². The fraction of sp³-hybridized carbons (Fsp3) is 0. The van der Waals surface area contributed by atoms with Gasteiger partial charge < -0.3 is 0 Å². The molecule has 0 fully saturated rings. The summed E-state index contributed by atoms with van der Waals surface area (Å²) in [6, 6.07) is 10.0. The van der Waals surface area contributed by atoms with Crippen LogP contribution in [0.1, 0.15) is 5.56 Å². The third-order valence-electron chi connectivity index (χ3n) is 1.04. The van der Waals surface area contributed by atoms with Gasteiger partial charge in [-0.15, -0.1) is 0 Å². The van der Waals surface area contributed by atoms with Crippen molar-refractivity contribution in [2.24, 2.45) is 0 Å². The SMILES string of the molecule is C=Cc1ccccc1.[Cl][Co]([Cl])[Cl]. The molecule has 0 aliphatic rings. The van der Waals surface area contributed by atoms with Crippen molar-refractivity contribution in [3.8, 4) is 0 Å². The summed E-state index contributed by atoms with van der Waals surface area (Å²) in [5, 5.41) is 0. The maximum atomic E-state index is 4.87. The number of rotatable bonds is 1. The molecule has 0 radical (unpaired) electrons. The van der Waals surface area contributed by atoms with Crippen molar-refractivity contribution in [3.05, 3.63) is 42.5 Å². The fourth-order valence-electron chi connectivity index (χ4n) is 0.589. The van der Waals surface area contributed by atoms with Gasteiger partial charge in [-0.2, -0.15) is 0 Å². The molecule has 1 aromatic rings. The standard InChI is InChI=1S/C8H8.3ClH.Co/c1-2-8-6-4-3-5-7-8;;;;/h2-7H,1H2;3*1H;/q;;;;+3/p-3. The molecule has 0 heterocycles. The van der Waals surface area contributed by atoms with E-state index >= 15 is 0 Å². The van der Waals surface area contributed by atoms with Gasteiger partial charge in [-0.25, -0.2) is 0 Å². The van der Waals surface area contributed by atoms with Crippen LogP contribution in [0, 0.1) is 0 Å². The average Bonchev–Trinajstić information content (AvgIpc) is 2.05. The Bertz CT molecular complexity index is 208. The number of hydrogen-bond acceptors (Lipinski definition) is 0. The predicted molar refractivity (Wildman–Crippen MR) is 54.1 cm³/mol. The predicted octanol–water partition coefficient (Wildman–Crippen LogP) is 4.40. The average molecular weight is 269 g/mol. The zero-order chi connectivity index (χ0) is 9.40. The molecule has 0 unspecified atom stereocenters. The van der Waals surface area contributed by atoms with Crippen molar-refractivity contribution in [2.45, 2.75) is 0 Å². The van der Waals surface area contributed by atoms with Crippen molar-refractivity contribution >= 4 is 36.5 Å². The van der Waals surface area contributed by atoms with Gasteiger partial charge in [0.1, 0.15) is 0 Å². The van der Waals surface area contributed by atoms with Crippen molar-refractivity contribution in [1.82, 2.24) is 0 Å². The topological polar surface area (TPSA) is 0 Å². The van der Waals surface area contributed by atoms with Gasteiger partial charge in [0.25, 0.3) is 0 Å². The molecule has 0 nitrogen and oxygen atoms in total. The van der Waals surface area contributed by atoms with Crippen LogP contribution in [0.4, 0.5) is 0 Å². The zero-order valence-corrected chi connectivity index (χ0v) is 9.45. The third-order valence-corrected chi connectivity index (χ3v) is 1.04. The second-order valence-corrected chi connectivity index (χ2v) is 6.92. The van der Waals surface area contributed by atoms with Gasteiger partial charge in [-0.05, 0) is 5.56 Å². The molecule has 0 spiro atoms. The molecule has 12 heavy (non-hydrogen) atoms. The third kappa shape index (κ3) is 8.43. The van der Waals surface area contributed by atoms with E-state index in [9.17, 15) is 0 Å². The molecule has 0 bridgehead atoms. The van der Waals surface area contributed by atoms with E-state index in [0.717, 1.165) is 0 Å². The molecule has 0 N–H and O–H groups in total. The van der Waals surface area contributed by atoms with E-state index in [1.165, 1.54) is 5.56 Å². The van der Waals surface area contributed by atoms with Gasteiger partial charge in [0.15, 0.2) is 0 Å². The molecule has 0 aromatic heterocycles. The first-order valence-electron chi connectivity index (χ1n) is 2.99. The second-order valence-electron chi connectivity index (χ2n) is 1.76. The van der Waals surface area contributed by atoms with Crippen molar-refractivity contribution in [2.75, 3.05) is 0 Å². The summed E-state index contributed by atoms with van der Waals surface area (Å²) >= 11 is 0. The molecule has 0 aliphatic heterocycles. The summed E-state index contributed by atoms with van der Waals surface area (Å²) in [6.45, 7) is 3.63. The van der Waals surface area contributed by atoms with Crippen LogP contribution >= 0.6 is 30.4 Å². The first-order valence-corrected chi connectivity index (χ1v) is 7.28. The van der Waals surface area contributed by atoms with Gasteiger partial charge in [0.05, 0.1) is 0 Å². The number of halogens is 3. The summed E-state index contributed by atoms with van der Waals surface area (Å²) in [5.74, 6) is 0. The Morgan fingerprint density at radius 1 is 1.08 bits per heavy atom. The molecule has 70 valence electrons. The maximum absolute atomic E-state index is 4.87. The molecular weight excluding hydrogens is 261 g/mol. The molecule has 4 heteroatoms. The van der Waals surface area contributed by atoms with Crippen LogP contribution in [-0.2, 0) is 10.9 Å². The van der Waals surface area contributed by atoms with Crippen molar-refractivity contribution < 1.29 is 10.9 Å². The molecule has 0 atom stereocenters. The minimum absolute atomic E-state index is 1.17. The van der Waals surface area contributed by atoms with E-state index in [1.807, 2.05) is 36.4 Å². The Balaban J connectivity index is 0.000000261. The summed E-state index contributed by atoms with van der Waals surface area (Å²) in [5.41, 5.74) is 1.17. The summed E-state index contributed by atoms with van der Waals surface area (Å²) in [7, 11) is 13.4. The zero-order valence-electron chi connectivity index (χ0n) is 6.14. The number of hydrogen-bond donors (Lipinski definition) is 0. The fourth-order valence-corrected chi connectivity index (χ4v) is 0.589. The van der Waals surface area contributed by atoms with Crippen LogP contribution in [0.15, 0.2) is 36.9 Å². The Labute approximate surface area is 89.6 Å². The van der Waals surface area contributed by atoms with Gasteiger partial charge in [0, 0.05) is 0 Å². The van der Waals surface area contributed by atoms with Crippen molar-refractivity contribution in [1.29, 1.82) is 0 Å².